The molecule has 2 heterocycles. The lowest BCUT2D eigenvalue weighted by atomic mass is 10.1. The molecule has 2 aromatic heterocycles. The molecular formula is C16H11Cl2N3OS. The molecule has 0 unspecified atom stereocenters. The Balaban J connectivity index is 1.70. The smallest absolute Gasteiger partial charge is 0.257 e. The molecule has 1 amide bonds. The number of amides is 1. The van der Waals surface area contributed by atoms with E-state index < -0.39 is 0 Å². The lowest BCUT2D eigenvalue weighted by molar-refractivity contribution is 0.102. The van der Waals surface area contributed by atoms with Gasteiger partial charge >= 0.3 is 0 Å². The Morgan fingerprint density at radius 3 is 2.70 bits per heavy atom. The van der Waals surface area contributed by atoms with E-state index in [-0.39, 0.29) is 5.91 Å². The summed E-state index contributed by atoms with van der Waals surface area (Å²) in [6.07, 6.45) is 5.52. The maximum absolute atomic E-state index is 12.1. The third-order valence-electron chi connectivity index (χ3n) is 3.10. The monoisotopic (exact) mass is 363 g/mol. The lowest BCUT2D eigenvalue weighted by Gasteiger charge is -2.02. The Morgan fingerprint density at radius 1 is 1.17 bits per heavy atom. The molecular weight excluding hydrogens is 353 g/mol. The van der Waals surface area contributed by atoms with E-state index in [4.69, 9.17) is 23.2 Å². The van der Waals surface area contributed by atoms with Crippen molar-refractivity contribution in [2.75, 3.05) is 5.32 Å². The van der Waals surface area contributed by atoms with Gasteiger partial charge in [0.25, 0.3) is 5.91 Å². The number of halogens is 2. The number of aromatic nitrogens is 2. The average molecular weight is 364 g/mol. The van der Waals surface area contributed by atoms with Gasteiger partial charge in [-0.15, -0.1) is 11.3 Å². The van der Waals surface area contributed by atoms with Crippen LogP contribution in [0, 0.1) is 0 Å². The highest BCUT2D eigenvalue weighted by Gasteiger charge is 2.10. The number of pyridine rings is 1. The van der Waals surface area contributed by atoms with Crippen molar-refractivity contribution >= 4 is 45.6 Å². The van der Waals surface area contributed by atoms with Crippen LogP contribution in [-0.2, 0) is 6.42 Å². The molecule has 0 saturated carbocycles. The van der Waals surface area contributed by atoms with Crippen molar-refractivity contribution in [2.45, 2.75) is 6.42 Å². The normalized spacial score (nSPS) is 10.5. The van der Waals surface area contributed by atoms with Gasteiger partial charge in [0, 0.05) is 45.5 Å². The molecule has 0 atom stereocenters. The Hall–Kier alpha value is -1.95. The highest BCUT2D eigenvalue weighted by molar-refractivity contribution is 7.15. The predicted molar refractivity (Wildman–Crippen MR) is 93.6 cm³/mol. The lowest BCUT2D eigenvalue weighted by Crippen LogP contribution is -2.11. The molecule has 0 fully saturated rings. The summed E-state index contributed by atoms with van der Waals surface area (Å²) >= 11 is 13.5. The van der Waals surface area contributed by atoms with E-state index in [1.54, 1.807) is 42.9 Å². The van der Waals surface area contributed by atoms with Gasteiger partial charge < -0.3 is 0 Å². The van der Waals surface area contributed by atoms with Gasteiger partial charge in [0.1, 0.15) is 0 Å². The van der Waals surface area contributed by atoms with Crippen molar-refractivity contribution in [3.05, 3.63) is 75.0 Å². The van der Waals surface area contributed by atoms with Gasteiger partial charge in [0.05, 0.1) is 0 Å². The first-order chi connectivity index (χ1) is 11.1. The van der Waals surface area contributed by atoms with E-state index in [9.17, 15) is 4.79 Å². The Bertz CT molecular complexity index is 836. The fourth-order valence-electron chi connectivity index (χ4n) is 1.97. The third-order valence-corrected chi connectivity index (χ3v) is 4.60. The van der Waals surface area contributed by atoms with Gasteiger partial charge in [0.15, 0.2) is 5.13 Å². The first-order valence-electron chi connectivity index (χ1n) is 6.72. The molecule has 0 aliphatic rings. The van der Waals surface area contributed by atoms with Crippen LogP contribution in [0.5, 0.6) is 0 Å². The molecule has 1 N–H and O–H groups in total. The Morgan fingerprint density at radius 2 is 1.96 bits per heavy atom. The average Bonchev–Trinajstić information content (AvgIpc) is 2.98. The summed E-state index contributed by atoms with van der Waals surface area (Å²) in [5, 5.41) is 4.55. The topological polar surface area (TPSA) is 54.9 Å². The molecule has 0 spiro atoms. The van der Waals surface area contributed by atoms with Crippen molar-refractivity contribution < 1.29 is 4.79 Å². The Kier molecular flexibility index (Phi) is 4.91. The highest BCUT2D eigenvalue weighted by atomic mass is 35.5. The van der Waals surface area contributed by atoms with Crippen LogP contribution in [0.15, 0.2) is 48.9 Å². The van der Waals surface area contributed by atoms with Gasteiger partial charge in [-0.05, 0) is 29.8 Å². The van der Waals surface area contributed by atoms with Crippen LogP contribution >= 0.6 is 34.5 Å². The zero-order valence-electron chi connectivity index (χ0n) is 11.8. The van der Waals surface area contributed by atoms with Gasteiger partial charge in [0.2, 0.25) is 0 Å². The van der Waals surface area contributed by atoms with Crippen LogP contribution < -0.4 is 5.32 Å². The van der Waals surface area contributed by atoms with E-state index in [0.29, 0.717) is 27.2 Å². The number of nitrogens with zero attached hydrogens (tertiary/aromatic N) is 2. The van der Waals surface area contributed by atoms with Gasteiger partial charge in [-0.2, -0.15) is 0 Å². The first-order valence-corrected chi connectivity index (χ1v) is 8.29. The highest BCUT2D eigenvalue weighted by Crippen LogP contribution is 2.27. The minimum atomic E-state index is -0.210. The number of carbonyl (C=O) groups is 1. The summed E-state index contributed by atoms with van der Waals surface area (Å²) in [5.41, 5.74) is 1.50. The number of rotatable bonds is 4. The molecule has 0 aliphatic carbocycles. The van der Waals surface area contributed by atoms with E-state index in [2.05, 4.69) is 15.3 Å². The molecule has 23 heavy (non-hydrogen) atoms. The summed E-state index contributed by atoms with van der Waals surface area (Å²) in [7, 11) is 0. The predicted octanol–water partition coefficient (Wildman–Crippen LogP) is 4.69. The number of benzene rings is 1. The van der Waals surface area contributed by atoms with Crippen molar-refractivity contribution in [1.82, 2.24) is 9.97 Å². The second-order valence-corrected chi connectivity index (χ2v) is 6.69. The summed E-state index contributed by atoms with van der Waals surface area (Å²) in [6.45, 7) is 0. The van der Waals surface area contributed by atoms with Crippen molar-refractivity contribution in [3.63, 3.8) is 0 Å². The largest absolute Gasteiger partial charge is 0.298 e. The summed E-state index contributed by atoms with van der Waals surface area (Å²) < 4.78 is 0. The fourth-order valence-corrected chi connectivity index (χ4v) is 3.28. The molecule has 1 aromatic carbocycles. The quantitative estimate of drug-likeness (QED) is 0.731. The van der Waals surface area contributed by atoms with Crippen molar-refractivity contribution in [2.24, 2.45) is 0 Å². The maximum atomic E-state index is 12.1. The standard InChI is InChI=1S/C16H11Cl2N3OS/c17-12-2-1-11(14(18)8-12)7-13-9-20-16(23-13)21-15(22)10-3-5-19-6-4-10/h1-6,8-9H,7H2,(H,20,21,22). The van der Waals surface area contributed by atoms with E-state index in [1.165, 1.54) is 11.3 Å². The first kappa shape index (κ1) is 15.9. The summed E-state index contributed by atoms with van der Waals surface area (Å²) in [4.78, 5) is 21.2. The van der Waals surface area contributed by atoms with Crippen molar-refractivity contribution in [3.8, 4) is 0 Å². The minimum Gasteiger partial charge on any atom is -0.298 e. The van der Waals surface area contributed by atoms with Crippen LogP contribution in [0.3, 0.4) is 0 Å². The van der Waals surface area contributed by atoms with Gasteiger partial charge in [-0.3, -0.25) is 15.1 Å². The van der Waals surface area contributed by atoms with Crippen LogP contribution in [0.25, 0.3) is 0 Å². The van der Waals surface area contributed by atoms with Crippen LogP contribution in [0.4, 0.5) is 5.13 Å². The number of hydrogen-bond donors (Lipinski definition) is 1. The molecule has 7 heteroatoms. The molecule has 4 nitrogen and oxygen atoms in total. The molecule has 116 valence electrons. The summed E-state index contributed by atoms with van der Waals surface area (Å²) in [5.74, 6) is -0.210. The second kappa shape index (κ2) is 7.08. The number of nitrogens with one attached hydrogen (secondary N) is 1. The zero-order valence-corrected chi connectivity index (χ0v) is 14.1. The maximum Gasteiger partial charge on any atom is 0.257 e. The second-order valence-electron chi connectivity index (χ2n) is 4.73. The van der Waals surface area contributed by atoms with Crippen LogP contribution in [0.2, 0.25) is 10.0 Å². The molecule has 0 aliphatic heterocycles. The number of carbonyl (C=O) groups excluding carboxylic acids is 1. The van der Waals surface area contributed by atoms with Crippen LogP contribution in [-0.4, -0.2) is 15.9 Å². The van der Waals surface area contributed by atoms with E-state index >= 15 is 0 Å². The molecule has 0 saturated heterocycles. The van der Waals surface area contributed by atoms with Crippen molar-refractivity contribution in [1.29, 1.82) is 0 Å². The Labute approximate surface area is 147 Å². The third kappa shape index (κ3) is 4.07. The number of hydrogen-bond acceptors (Lipinski definition) is 4. The zero-order chi connectivity index (χ0) is 16.2. The minimum absolute atomic E-state index is 0.210. The molecule has 3 rings (SSSR count). The molecule has 0 bridgehead atoms. The number of thiazole rings is 1. The van der Waals surface area contributed by atoms with Gasteiger partial charge in [-0.25, -0.2) is 4.98 Å². The van der Waals surface area contributed by atoms with E-state index in [0.717, 1.165) is 10.4 Å². The van der Waals surface area contributed by atoms with Crippen LogP contribution in [0.1, 0.15) is 20.8 Å². The van der Waals surface area contributed by atoms with Gasteiger partial charge in [-0.1, -0.05) is 29.3 Å². The molecule has 0 radical (unpaired) electrons. The fraction of sp³-hybridized carbons (Fsp3) is 0.0625. The summed E-state index contributed by atoms with van der Waals surface area (Å²) in [6, 6.07) is 8.70. The number of anilines is 1. The molecule has 3 aromatic rings. The van der Waals surface area contributed by atoms with E-state index in [1.807, 2.05) is 6.07 Å². The SMILES string of the molecule is O=C(Nc1ncc(Cc2ccc(Cl)cc2Cl)s1)c1ccncc1.